The molecule has 0 bridgehead atoms. The van der Waals surface area contributed by atoms with Gasteiger partial charge in [0.1, 0.15) is 5.82 Å². The molecule has 3 heteroatoms. The third kappa shape index (κ3) is 3.44. The summed E-state index contributed by atoms with van der Waals surface area (Å²) >= 11 is 0. The molecule has 0 saturated heterocycles. The number of halogens is 1. The Labute approximate surface area is 83.9 Å². The molecule has 2 N–H and O–H groups in total. The standard InChI is InChI=1S/C11H16FNO/c1-9(14-7-3-6-13)10-4-2-5-11(12)8-10/h2,4-5,8-9H,3,6-7,13H2,1H3. The van der Waals surface area contributed by atoms with E-state index in [1.165, 1.54) is 12.1 Å². The van der Waals surface area contributed by atoms with Crippen molar-refractivity contribution in [2.45, 2.75) is 19.4 Å². The highest BCUT2D eigenvalue weighted by atomic mass is 19.1. The van der Waals surface area contributed by atoms with Crippen molar-refractivity contribution in [1.82, 2.24) is 0 Å². The molecule has 0 heterocycles. The van der Waals surface area contributed by atoms with Gasteiger partial charge in [-0.1, -0.05) is 12.1 Å². The van der Waals surface area contributed by atoms with Crippen molar-refractivity contribution in [3.63, 3.8) is 0 Å². The Morgan fingerprint density at radius 1 is 1.50 bits per heavy atom. The summed E-state index contributed by atoms with van der Waals surface area (Å²) in [6.07, 6.45) is 0.761. The van der Waals surface area contributed by atoms with Crippen molar-refractivity contribution in [3.8, 4) is 0 Å². The summed E-state index contributed by atoms with van der Waals surface area (Å²) in [7, 11) is 0. The molecular weight excluding hydrogens is 181 g/mol. The first-order valence-electron chi connectivity index (χ1n) is 4.81. The second-order valence-electron chi connectivity index (χ2n) is 3.21. The van der Waals surface area contributed by atoms with Crippen molar-refractivity contribution in [2.24, 2.45) is 5.73 Å². The number of nitrogens with two attached hydrogens (primary N) is 1. The summed E-state index contributed by atoms with van der Waals surface area (Å²) in [6, 6.07) is 6.47. The molecule has 1 unspecified atom stereocenters. The number of ether oxygens (including phenoxy) is 1. The highest BCUT2D eigenvalue weighted by molar-refractivity contribution is 5.18. The topological polar surface area (TPSA) is 35.2 Å². The Kier molecular flexibility index (Phi) is 4.56. The lowest BCUT2D eigenvalue weighted by Gasteiger charge is -2.12. The Morgan fingerprint density at radius 3 is 2.93 bits per heavy atom. The quantitative estimate of drug-likeness (QED) is 0.735. The molecule has 0 aromatic heterocycles. The molecule has 0 spiro atoms. The zero-order valence-electron chi connectivity index (χ0n) is 8.37. The average molecular weight is 197 g/mol. The Bertz CT molecular complexity index is 278. The molecule has 1 rings (SSSR count). The van der Waals surface area contributed by atoms with Crippen LogP contribution in [0.2, 0.25) is 0 Å². The predicted octanol–water partition coefficient (Wildman–Crippen LogP) is 2.25. The summed E-state index contributed by atoms with van der Waals surface area (Å²) in [5, 5.41) is 0. The minimum atomic E-state index is -0.225. The second-order valence-corrected chi connectivity index (χ2v) is 3.21. The summed E-state index contributed by atoms with van der Waals surface area (Å²) in [6.45, 7) is 3.15. The lowest BCUT2D eigenvalue weighted by atomic mass is 10.1. The summed E-state index contributed by atoms with van der Waals surface area (Å²) in [5.41, 5.74) is 6.20. The maximum Gasteiger partial charge on any atom is 0.123 e. The van der Waals surface area contributed by atoms with Crippen molar-refractivity contribution in [2.75, 3.05) is 13.2 Å². The highest BCUT2D eigenvalue weighted by Crippen LogP contribution is 2.17. The van der Waals surface area contributed by atoms with Crippen LogP contribution in [0.4, 0.5) is 4.39 Å². The van der Waals surface area contributed by atoms with E-state index < -0.39 is 0 Å². The van der Waals surface area contributed by atoms with Gasteiger partial charge in [0.25, 0.3) is 0 Å². The molecule has 0 fully saturated rings. The highest BCUT2D eigenvalue weighted by Gasteiger charge is 2.05. The largest absolute Gasteiger partial charge is 0.374 e. The molecular formula is C11H16FNO. The number of hydrogen-bond donors (Lipinski definition) is 1. The van der Waals surface area contributed by atoms with Crippen LogP contribution >= 0.6 is 0 Å². The third-order valence-corrected chi connectivity index (χ3v) is 2.03. The van der Waals surface area contributed by atoms with E-state index >= 15 is 0 Å². The van der Waals surface area contributed by atoms with Gasteiger partial charge in [0.15, 0.2) is 0 Å². The van der Waals surface area contributed by atoms with Crippen LogP contribution in [-0.2, 0) is 4.74 Å². The van der Waals surface area contributed by atoms with Crippen LogP contribution in [0.3, 0.4) is 0 Å². The van der Waals surface area contributed by atoms with E-state index in [0.29, 0.717) is 13.2 Å². The fourth-order valence-electron chi connectivity index (χ4n) is 1.20. The van der Waals surface area contributed by atoms with E-state index in [1.54, 1.807) is 6.07 Å². The van der Waals surface area contributed by atoms with Crippen molar-refractivity contribution < 1.29 is 9.13 Å². The SMILES string of the molecule is CC(OCCCN)c1cccc(F)c1. The van der Waals surface area contributed by atoms with Gasteiger partial charge in [-0.3, -0.25) is 0 Å². The van der Waals surface area contributed by atoms with E-state index in [0.717, 1.165) is 12.0 Å². The van der Waals surface area contributed by atoms with Gasteiger partial charge in [0.2, 0.25) is 0 Å². The Balaban J connectivity index is 2.47. The molecule has 14 heavy (non-hydrogen) atoms. The van der Waals surface area contributed by atoms with Gasteiger partial charge in [-0.05, 0) is 37.6 Å². The first kappa shape index (κ1) is 11.1. The van der Waals surface area contributed by atoms with Crippen LogP contribution in [0.5, 0.6) is 0 Å². The van der Waals surface area contributed by atoms with E-state index in [-0.39, 0.29) is 11.9 Å². The normalized spacial score (nSPS) is 12.8. The molecule has 0 radical (unpaired) electrons. The molecule has 78 valence electrons. The van der Waals surface area contributed by atoms with Gasteiger partial charge in [-0.15, -0.1) is 0 Å². The first-order chi connectivity index (χ1) is 6.74. The van der Waals surface area contributed by atoms with E-state index in [4.69, 9.17) is 10.5 Å². The molecule has 0 saturated carbocycles. The zero-order chi connectivity index (χ0) is 10.4. The third-order valence-electron chi connectivity index (χ3n) is 2.03. The lowest BCUT2D eigenvalue weighted by Crippen LogP contribution is -2.07. The lowest BCUT2D eigenvalue weighted by molar-refractivity contribution is 0.0649. The van der Waals surface area contributed by atoms with Crippen LogP contribution in [0.25, 0.3) is 0 Å². The summed E-state index contributed by atoms with van der Waals surface area (Å²) in [5.74, 6) is -0.225. The minimum absolute atomic E-state index is 0.0720. The van der Waals surface area contributed by atoms with Crippen LogP contribution in [-0.4, -0.2) is 13.2 Å². The van der Waals surface area contributed by atoms with Gasteiger partial charge in [0.05, 0.1) is 6.10 Å². The molecule has 1 atom stereocenters. The second kappa shape index (κ2) is 5.73. The Hall–Kier alpha value is -0.930. The van der Waals surface area contributed by atoms with Gasteiger partial charge in [0, 0.05) is 6.61 Å². The van der Waals surface area contributed by atoms with Gasteiger partial charge in [-0.2, -0.15) is 0 Å². The number of rotatable bonds is 5. The molecule has 2 nitrogen and oxygen atoms in total. The van der Waals surface area contributed by atoms with Crippen LogP contribution in [0.1, 0.15) is 25.0 Å². The predicted molar refractivity (Wildman–Crippen MR) is 54.4 cm³/mol. The van der Waals surface area contributed by atoms with Crippen LogP contribution in [0.15, 0.2) is 24.3 Å². The molecule has 0 aliphatic heterocycles. The maximum absolute atomic E-state index is 12.8. The molecule has 0 amide bonds. The smallest absolute Gasteiger partial charge is 0.123 e. The van der Waals surface area contributed by atoms with Crippen LogP contribution in [0, 0.1) is 5.82 Å². The number of benzene rings is 1. The number of hydrogen-bond acceptors (Lipinski definition) is 2. The van der Waals surface area contributed by atoms with Crippen molar-refractivity contribution >= 4 is 0 Å². The summed E-state index contributed by atoms with van der Waals surface area (Å²) < 4.78 is 18.3. The summed E-state index contributed by atoms with van der Waals surface area (Å²) in [4.78, 5) is 0. The van der Waals surface area contributed by atoms with Gasteiger partial charge >= 0.3 is 0 Å². The van der Waals surface area contributed by atoms with Gasteiger partial charge < -0.3 is 10.5 Å². The van der Waals surface area contributed by atoms with Crippen molar-refractivity contribution in [1.29, 1.82) is 0 Å². The molecule has 1 aromatic carbocycles. The van der Waals surface area contributed by atoms with E-state index in [9.17, 15) is 4.39 Å². The van der Waals surface area contributed by atoms with E-state index in [1.807, 2.05) is 13.0 Å². The van der Waals surface area contributed by atoms with Gasteiger partial charge in [-0.25, -0.2) is 4.39 Å². The zero-order valence-corrected chi connectivity index (χ0v) is 8.37. The molecule has 0 aliphatic carbocycles. The van der Waals surface area contributed by atoms with Crippen molar-refractivity contribution in [3.05, 3.63) is 35.6 Å². The fourth-order valence-corrected chi connectivity index (χ4v) is 1.20. The fraction of sp³-hybridized carbons (Fsp3) is 0.455. The Morgan fingerprint density at radius 2 is 2.29 bits per heavy atom. The maximum atomic E-state index is 12.8. The van der Waals surface area contributed by atoms with Crippen LogP contribution < -0.4 is 5.73 Å². The minimum Gasteiger partial charge on any atom is -0.374 e. The molecule has 0 aliphatic rings. The molecule has 1 aromatic rings. The van der Waals surface area contributed by atoms with E-state index in [2.05, 4.69) is 0 Å². The first-order valence-corrected chi connectivity index (χ1v) is 4.81. The monoisotopic (exact) mass is 197 g/mol. The average Bonchev–Trinajstić information content (AvgIpc) is 2.18.